The SMILES string of the molecule is O=C(O)CC1(CS(=O)(=O)Cc2ccc(F)c(F)c2)CC1. The fourth-order valence-electron chi connectivity index (χ4n) is 2.27. The molecule has 1 N–H and O–H groups in total. The molecule has 2 rings (SSSR count). The third-order valence-electron chi connectivity index (χ3n) is 3.38. The molecule has 110 valence electrons. The van der Waals surface area contributed by atoms with Gasteiger partial charge in [-0.15, -0.1) is 0 Å². The standard InChI is InChI=1S/C13H14F2O4S/c14-10-2-1-9(5-11(10)15)7-20(18,19)8-13(3-4-13)6-12(16)17/h1-2,5H,3-4,6-8H2,(H,16,17). The lowest BCUT2D eigenvalue weighted by Crippen LogP contribution is -2.21. The van der Waals surface area contributed by atoms with Gasteiger partial charge in [0.05, 0.1) is 17.9 Å². The van der Waals surface area contributed by atoms with Crippen molar-refractivity contribution in [1.29, 1.82) is 0 Å². The Labute approximate surface area is 115 Å². The third kappa shape index (κ3) is 3.75. The number of benzene rings is 1. The van der Waals surface area contributed by atoms with Crippen LogP contribution in [0.2, 0.25) is 0 Å². The van der Waals surface area contributed by atoms with Crippen LogP contribution in [0.15, 0.2) is 18.2 Å². The van der Waals surface area contributed by atoms with Crippen LogP contribution in [0.25, 0.3) is 0 Å². The van der Waals surface area contributed by atoms with Crippen LogP contribution in [0.1, 0.15) is 24.8 Å². The lowest BCUT2D eigenvalue weighted by molar-refractivity contribution is -0.138. The van der Waals surface area contributed by atoms with Crippen molar-refractivity contribution in [2.75, 3.05) is 5.75 Å². The smallest absolute Gasteiger partial charge is 0.303 e. The predicted octanol–water partition coefficient (Wildman–Crippen LogP) is 2.13. The zero-order valence-corrected chi connectivity index (χ0v) is 11.4. The number of halogens is 2. The molecule has 0 heterocycles. The van der Waals surface area contributed by atoms with Crippen molar-refractivity contribution in [2.45, 2.75) is 25.0 Å². The van der Waals surface area contributed by atoms with Crippen LogP contribution in [0.5, 0.6) is 0 Å². The average molecular weight is 304 g/mol. The summed E-state index contributed by atoms with van der Waals surface area (Å²) < 4.78 is 49.8. The van der Waals surface area contributed by atoms with E-state index >= 15 is 0 Å². The van der Waals surface area contributed by atoms with Gasteiger partial charge in [-0.1, -0.05) is 6.07 Å². The van der Waals surface area contributed by atoms with Crippen molar-refractivity contribution in [3.05, 3.63) is 35.4 Å². The Bertz CT molecular complexity index is 636. The predicted molar refractivity (Wildman–Crippen MR) is 67.8 cm³/mol. The highest BCUT2D eigenvalue weighted by Gasteiger charge is 2.47. The first-order valence-electron chi connectivity index (χ1n) is 6.08. The van der Waals surface area contributed by atoms with E-state index in [9.17, 15) is 22.0 Å². The second-order valence-corrected chi connectivity index (χ2v) is 7.42. The highest BCUT2D eigenvalue weighted by molar-refractivity contribution is 7.90. The van der Waals surface area contributed by atoms with Gasteiger partial charge >= 0.3 is 5.97 Å². The summed E-state index contributed by atoms with van der Waals surface area (Å²) in [6.07, 6.45) is 0.955. The van der Waals surface area contributed by atoms with E-state index in [4.69, 9.17) is 5.11 Å². The molecule has 0 atom stereocenters. The minimum absolute atomic E-state index is 0.162. The lowest BCUT2D eigenvalue weighted by Gasteiger charge is -2.13. The minimum atomic E-state index is -3.56. The van der Waals surface area contributed by atoms with E-state index in [2.05, 4.69) is 0 Å². The van der Waals surface area contributed by atoms with Crippen LogP contribution in [-0.2, 0) is 20.4 Å². The van der Waals surface area contributed by atoms with Gasteiger partial charge in [0, 0.05) is 0 Å². The second kappa shape index (κ2) is 5.12. The normalized spacial score (nSPS) is 16.9. The zero-order chi connectivity index (χ0) is 15.0. The molecular formula is C13H14F2O4S. The van der Waals surface area contributed by atoms with Crippen molar-refractivity contribution < 1.29 is 27.1 Å². The molecule has 1 aliphatic rings. The maximum atomic E-state index is 13.0. The van der Waals surface area contributed by atoms with Gasteiger partial charge in [-0.05, 0) is 36.0 Å². The fourth-order valence-corrected chi connectivity index (χ4v) is 4.38. The molecule has 1 aliphatic carbocycles. The van der Waals surface area contributed by atoms with E-state index < -0.39 is 38.6 Å². The Morgan fingerprint density at radius 3 is 2.40 bits per heavy atom. The van der Waals surface area contributed by atoms with Crippen LogP contribution in [0.3, 0.4) is 0 Å². The van der Waals surface area contributed by atoms with Crippen molar-refractivity contribution >= 4 is 15.8 Å². The Morgan fingerprint density at radius 2 is 1.90 bits per heavy atom. The fraction of sp³-hybridized carbons (Fsp3) is 0.462. The minimum Gasteiger partial charge on any atom is -0.481 e. The Morgan fingerprint density at radius 1 is 1.25 bits per heavy atom. The van der Waals surface area contributed by atoms with E-state index in [1.54, 1.807) is 0 Å². The van der Waals surface area contributed by atoms with Gasteiger partial charge in [-0.2, -0.15) is 0 Å². The largest absolute Gasteiger partial charge is 0.481 e. The molecule has 20 heavy (non-hydrogen) atoms. The molecule has 0 radical (unpaired) electrons. The molecule has 1 aromatic carbocycles. The first kappa shape index (κ1) is 14.9. The molecule has 0 saturated heterocycles. The summed E-state index contributed by atoms with van der Waals surface area (Å²) in [6.45, 7) is 0. The summed E-state index contributed by atoms with van der Waals surface area (Å²) >= 11 is 0. The molecule has 4 nitrogen and oxygen atoms in total. The van der Waals surface area contributed by atoms with Crippen molar-refractivity contribution in [3.63, 3.8) is 0 Å². The number of aliphatic carboxylic acids is 1. The molecular weight excluding hydrogens is 290 g/mol. The van der Waals surface area contributed by atoms with E-state index in [-0.39, 0.29) is 17.7 Å². The Balaban J connectivity index is 2.08. The van der Waals surface area contributed by atoms with Crippen LogP contribution in [-0.4, -0.2) is 25.2 Å². The van der Waals surface area contributed by atoms with Crippen molar-refractivity contribution in [1.82, 2.24) is 0 Å². The molecule has 0 aliphatic heterocycles. The average Bonchev–Trinajstić information content (AvgIpc) is 3.00. The molecule has 1 aromatic rings. The quantitative estimate of drug-likeness (QED) is 0.874. The number of hydrogen-bond acceptors (Lipinski definition) is 3. The molecule has 1 saturated carbocycles. The van der Waals surface area contributed by atoms with Gasteiger partial charge in [-0.25, -0.2) is 17.2 Å². The van der Waals surface area contributed by atoms with Crippen LogP contribution in [0.4, 0.5) is 8.78 Å². The van der Waals surface area contributed by atoms with Crippen LogP contribution < -0.4 is 0 Å². The van der Waals surface area contributed by atoms with E-state index in [1.165, 1.54) is 6.07 Å². The van der Waals surface area contributed by atoms with E-state index in [1.807, 2.05) is 0 Å². The van der Waals surface area contributed by atoms with Gasteiger partial charge in [-0.3, -0.25) is 4.79 Å². The van der Waals surface area contributed by atoms with Crippen LogP contribution >= 0.6 is 0 Å². The Hall–Kier alpha value is -1.50. The van der Waals surface area contributed by atoms with Crippen molar-refractivity contribution in [3.8, 4) is 0 Å². The van der Waals surface area contributed by atoms with Gasteiger partial charge in [0.25, 0.3) is 0 Å². The summed E-state index contributed by atoms with van der Waals surface area (Å²) in [6, 6.07) is 2.95. The molecule has 0 amide bonds. The maximum absolute atomic E-state index is 13.0. The van der Waals surface area contributed by atoms with Gasteiger partial charge in [0.1, 0.15) is 0 Å². The number of carbonyl (C=O) groups is 1. The highest BCUT2D eigenvalue weighted by atomic mass is 32.2. The number of sulfone groups is 1. The lowest BCUT2D eigenvalue weighted by atomic mass is 10.1. The van der Waals surface area contributed by atoms with E-state index in [0.717, 1.165) is 12.1 Å². The van der Waals surface area contributed by atoms with Gasteiger partial charge in [0.2, 0.25) is 0 Å². The molecule has 1 fully saturated rings. The molecule has 0 aromatic heterocycles. The second-order valence-electron chi connectivity index (χ2n) is 5.35. The molecule has 0 unspecified atom stereocenters. The summed E-state index contributed by atoms with van der Waals surface area (Å²) in [5.74, 6) is -3.79. The summed E-state index contributed by atoms with van der Waals surface area (Å²) in [5.41, 5.74) is -0.515. The number of rotatable bonds is 6. The van der Waals surface area contributed by atoms with Gasteiger partial charge < -0.3 is 5.11 Å². The molecule has 0 spiro atoms. The van der Waals surface area contributed by atoms with Crippen molar-refractivity contribution in [2.24, 2.45) is 5.41 Å². The van der Waals surface area contributed by atoms with E-state index in [0.29, 0.717) is 12.8 Å². The van der Waals surface area contributed by atoms with Crippen LogP contribution in [0, 0.1) is 17.0 Å². The highest BCUT2D eigenvalue weighted by Crippen LogP contribution is 2.50. The monoisotopic (exact) mass is 304 g/mol. The first-order chi connectivity index (χ1) is 9.21. The summed E-state index contributed by atoms with van der Waals surface area (Å²) in [5, 5.41) is 8.76. The third-order valence-corrected chi connectivity index (χ3v) is 5.21. The summed E-state index contributed by atoms with van der Waals surface area (Å²) in [7, 11) is -3.56. The Kier molecular flexibility index (Phi) is 3.82. The number of carboxylic acids is 1. The van der Waals surface area contributed by atoms with Gasteiger partial charge in [0.15, 0.2) is 21.5 Å². The molecule has 0 bridgehead atoms. The zero-order valence-electron chi connectivity index (χ0n) is 10.6. The topological polar surface area (TPSA) is 71.4 Å². The first-order valence-corrected chi connectivity index (χ1v) is 7.90. The summed E-state index contributed by atoms with van der Waals surface area (Å²) in [4.78, 5) is 10.7. The molecule has 7 heteroatoms. The maximum Gasteiger partial charge on any atom is 0.303 e. The number of carboxylic acid groups (broad SMARTS) is 1. The number of hydrogen-bond donors (Lipinski definition) is 1.